The summed E-state index contributed by atoms with van der Waals surface area (Å²) >= 11 is 0. The fraction of sp³-hybridized carbons (Fsp3) is 0.571. The van der Waals surface area contributed by atoms with Crippen molar-refractivity contribution in [3.05, 3.63) is 18.2 Å². The van der Waals surface area contributed by atoms with E-state index in [4.69, 9.17) is 15.2 Å². The first-order valence-corrected chi connectivity index (χ1v) is 8.65. The fourth-order valence-electron chi connectivity index (χ4n) is 2.66. The molecule has 2 heterocycles. The van der Waals surface area contributed by atoms with Gasteiger partial charge in [-0.05, 0) is 31.0 Å². The molecule has 3 rings (SSSR count). The van der Waals surface area contributed by atoms with Crippen LogP contribution in [-0.4, -0.2) is 45.6 Å². The van der Waals surface area contributed by atoms with Crippen molar-refractivity contribution in [1.82, 2.24) is 4.31 Å². The predicted molar refractivity (Wildman–Crippen MR) is 78.0 cm³/mol. The summed E-state index contributed by atoms with van der Waals surface area (Å²) in [4.78, 5) is 0.254. The second kappa shape index (κ2) is 5.82. The van der Waals surface area contributed by atoms with E-state index in [0.717, 1.165) is 12.8 Å². The third-order valence-electron chi connectivity index (χ3n) is 3.94. The highest BCUT2D eigenvalue weighted by Gasteiger charge is 2.32. The summed E-state index contributed by atoms with van der Waals surface area (Å²) in [6, 6.07) is 4.81. The smallest absolute Gasteiger partial charge is 0.243 e. The number of rotatable bonds is 3. The monoisotopic (exact) mass is 312 g/mol. The normalized spacial score (nSPS) is 23.0. The minimum absolute atomic E-state index is 0.250. The molecule has 1 atom stereocenters. The van der Waals surface area contributed by atoms with E-state index in [1.165, 1.54) is 4.31 Å². The number of fused-ring (bicyclic) bond motifs is 1. The van der Waals surface area contributed by atoms with Crippen LogP contribution in [0.5, 0.6) is 11.5 Å². The number of hydrogen-bond acceptors (Lipinski definition) is 5. The van der Waals surface area contributed by atoms with Crippen molar-refractivity contribution in [3.63, 3.8) is 0 Å². The first kappa shape index (κ1) is 14.6. The Morgan fingerprint density at radius 1 is 1.24 bits per heavy atom. The van der Waals surface area contributed by atoms with Crippen LogP contribution in [0, 0.1) is 5.92 Å². The molecule has 1 aromatic carbocycles. The Kier molecular flexibility index (Phi) is 4.05. The Morgan fingerprint density at radius 3 is 2.71 bits per heavy atom. The van der Waals surface area contributed by atoms with E-state index in [1.54, 1.807) is 18.2 Å². The summed E-state index contributed by atoms with van der Waals surface area (Å²) in [7, 11) is -3.48. The summed E-state index contributed by atoms with van der Waals surface area (Å²) in [6.07, 6.45) is 1.61. The molecular weight excluding hydrogens is 292 g/mol. The number of sulfonamides is 1. The van der Waals surface area contributed by atoms with Crippen LogP contribution in [0.15, 0.2) is 23.1 Å². The van der Waals surface area contributed by atoms with Gasteiger partial charge in [0, 0.05) is 25.6 Å². The third-order valence-corrected chi connectivity index (χ3v) is 5.80. The lowest BCUT2D eigenvalue weighted by Gasteiger charge is -2.17. The first-order chi connectivity index (χ1) is 10.1. The van der Waals surface area contributed by atoms with Crippen molar-refractivity contribution < 1.29 is 17.9 Å². The van der Waals surface area contributed by atoms with E-state index in [1.807, 2.05) is 0 Å². The average molecular weight is 312 g/mol. The Balaban J connectivity index is 1.87. The molecule has 0 aromatic heterocycles. The van der Waals surface area contributed by atoms with E-state index < -0.39 is 10.0 Å². The highest BCUT2D eigenvalue weighted by Crippen LogP contribution is 2.33. The van der Waals surface area contributed by atoms with E-state index in [0.29, 0.717) is 44.3 Å². The van der Waals surface area contributed by atoms with Gasteiger partial charge in [-0.1, -0.05) is 0 Å². The second-order valence-electron chi connectivity index (χ2n) is 5.41. The molecule has 0 saturated carbocycles. The molecule has 2 N–H and O–H groups in total. The molecule has 1 unspecified atom stereocenters. The summed E-state index contributed by atoms with van der Waals surface area (Å²) in [5.41, 5.74) is 5.63. The summed E-state index contributed by atoms with van der Waals surface area (Å²) in [5, 5.41) is 0. The van der Waals surface area contributed by atoms with Crippen molar-refractivity contribution >= 4 is 10.0 Å². The van der Waals surface area contributed by atoms with Crippen molar-refractivity contribution in [2.75, 3.05) is 32.8 Å². The lowest BCUT2D eigenvalue weighted by Crippen LogP contribution is -2.30. The molecule has 0 bridgehead atoms. The molecule has 6 nitrogen and oxygen atoms in total. The van der Waals surface area contributed by atoms with Crippen molar-refractivity contribution in [2.24, 2.45) is 11.7 Å². The average Bonchev–Trinajstić information content (AvgIpc) is 2.86. The Bertz CT molecular complexity index is 617. The Hall–Kier alpha value is -1.31. The largest absolute Gasteiger partial charge is 0.490 e. The minimum atomic E-state index is -3.48. The van der Waals surface area contributed by atoms with Crippen molar-refractivity contribution in [3.8, 4) is 11.5 Å². The van der Waals surface area contributed by atoms with Gasteiger partial charge in [0.25, 0.3) is 0 Å². The Morgan fingerprint density at radius 2 is 2.00 bits per heavy atom. The molecule has 1 saturated heterocycles. The van der Waals surface area contributed by atoms with Gasteiger partial charge in [0.15, 0.2) is 11.5 Å². The van der Waals surface area contributed by atoms with Crippen molar-refractivity contribution in [2.45, 2.75) is 17.7 Å². The minimum Gasteiger partial charge on any atom is -0.490 e. The van der Waals surface area contributed by atoms with Crippen LogP contribution in [-0.2, 0) is 10.0 Å². The summed E-state index contributed by atoms with van der Waals surface area (Å²) < 4.78 is 37.9. The van der Waals surface area contributed by atoms with E-state index in [-0.39, 0.29) is 10.8 Å². The fourth-order valence-corrected chi connectivity index (χ4v) is 4.21. The predicted octanol–water partition coefficient (Wildman–Crippen LogP) is 0.817. The summed E-state index contributed by atoms with van der Waals surface area (Å²) in [5.74, 6) is 1.36. The lowest BCUT2D eigenvalue weighted by atomic mass is 10.1. The van der Waals surface area contributed by atoms with Crippen LogP contribution in [0.3, 0.4) is 0 Å². The van der Waals surface area contributed by atoms with Gasteiger partial charge in [0.1, 0.15) is 0 Å². The zero-order valence-corrected chi connectivity index (χ0v) is 12.6. The molecule has 7 heteroatoms. The van der Waals surface area contributed by atoms with Crippen LogP contribution >= 0.6 is 0 Å². The van der Waals surface area contributed by atoms with Crippen LogP contribution in [0.4, 0.5) is 0 Å². The molecule has 0 amide bonds. The number of nitrogens with two attached hydrogens (primary N) is 1. The Labute approximate surface area is 124 Å². The highest BCUT2D eigenvalue weighted by molar-refractivity contribution is 7.89. The zero-order valence-electron chi connectivity index (χ0n) is 11.8. The second-order valence-corrected chi connectivity index (χ2v) is 7.35. The maximum Gasteiger partial charge on any atom is 0.243 e. The van der Waals surface area contributed by atoms with E-state index in [2.05, 4.69) is 0 Å². The van der Waals surface area contributed by atoms with Gasteiger partial charge in [0.05, 0.1) is 18.1 Å². The molecule has 0 radical (unpaired) electrons. The number of nitrogens with zero attached hydrogens (tertiary/aromatic N) is 1. The van der Waals surface area contributed by atoms with Gasteiger partial charge in [-0.3, -0.25) is 0 Å². The van der Waals surface area contributed by atoms with Gasteiger partial charge in [0.2, 0.25) is 10.0 Å². The molecule has 116 valence electrons. The van der Waals surface area contributed by atoms with Gasteiger partial charge in [-0.25, -0.2) is 8.42 Å². The van der Waals surface area contributed by atoms with Gasteiger partial charge in [-0.2, -0.15) is 4.31 Å². The van der Waals surface area contributed by atoms with Gasteiger partial charge in [-0.15, -0.1) is 0 Å². The van der Waals surface area contributed by atoms with Gasteiger partial charge >= 0.3 is 0 Å². The van der Waals surface area contributed by atoms with Crippen LogP contribution < -0.4 is 15.2 Å². The maximum absolute atomic E-state index is 12.7. The molecule has 2 aliphatic heterocycles. The SMILES string of the molecule is NCC1CCN(S(=O)(=O)c2ccc3c(c2)OCCCO3)C1. The quantitative estimate of drug-likeness (QED) is 0.893. The van der Waals surface area contributed by atoms with Crippen LogP contribution in [0.25, 0.3) is 0 Å². The maximum atomic E-state index is 12.7. The summed E-state index contributed by atoms with van der Waals surface area (Å²) in [6.45, 7) is 2.66. The molecule has 21 heavy (non-hydrogen) atoms. The van der Waals surface area contributed by atoms with Crippen LogP contribution in [0.1, 0.15) is 12.8 Å². The third kappa shape index (κ3) is 2.86. The zero-order chi connectivity index (χ0) is 14.9. The number of ether oxygens (including phenoxy) is 2. The molecule has 1 aromatic rings. The lowest BCUT2D eigenvalue weighted by molar-refractivity contribution is 0.297. The topological polar surface area (TPSA) is 81.9 Å². The standard InChI is InChI=1S/C14H20N2O4S/c15-9-11-4-5-16(10-11)21(17,18)12-2-3-13-14(8-12)20-7-1-6-19-13/h2-3,8,11H,1,4-7,9-10,15H2. The number of benzene rings is 1. The highest BCUT2D eigenvalue weighted by atomic mass is 32.2. The van der Waals surface area contributed by atoms with E-state index in [9.17, 15) is 8.42 Å². The molecule has 0 aliphatic carbocycles. The van der Waals surface area contributed by atoms with Gasteiger partial charge < -0.3 is 15.2 Å². The van der Waals surface area contributed by atoms with Crippen LogP contribution in [0.2, 0.25) is 0 Å². The molecule has 0 spiro atoms. The number of hydrogen-bond donors (Lipinski definition) is 1. The molecular formula is C14H20N2O4S. The molecule has 1 fully saturated rings. The first-order valence-electron chi connectivity index (χ1n) is 7.21. The molecule has 2 aliphatic rings. The van der Waals surface area contributed by atoms with E-state index >= 15 is 0 Å². The van der Waals surface area contributed by atoms with Crippen molar-refractivity contribution in [1.29, 1.82) is 0 Å².